The second-order valence-electron chi connectivity index (χ2n) is 5.64. The van der Waals surface area contributed by atoms with E-state index >= 15 is 0 Å². The Bertz CT molecular complexity index is 868. The average Bonchev–Trinajstić information content (AvgIpc) is 2.67. The van der Waals surface area contributed by atoms with Gasteiger partial charge in [-0.05, 0) is 30.7 Å². The molecule has 2 N–H and O–H groups in total. The summed E-state index contributed by atoms with van der Waals surface area (Å²) in [5.41, 5.74) is 0.102. The molecule has 0 radical (unpaired) electrons. The van der Waals surface area contributed by atoms with Crippen molar-refractivity contribution in [2.24, 2.45) is 0 Å². The molecule has 168 valence electrons. The molecular formula is C19H18ClF4N3O4. The van der Waals surface area contributed by atoms with Gasteiger partial charge in [-0.15, -0.1) is 13.2 Å². The fourth-order valence-corrected chi connectivity index (χ4v) is 1.84. The lowest BCUT2D eigenvalue weighted by Crippen LogP contribution is -2.29. The van der Waals surface area contributed by atoms with E-state index in [2.05, 4.69) is 33.5 Å². The Morgan fingerprint density at radius 2 is 1.97 bits per heavy atom. The minimum Gasteiger partial charge on any atom is -0.491 e. The zero-order valence-electron chi connectivity index (χ0n) is 16.0. The molecule has 0 bridgehead atoms. The number of allylic oxidation sites excluding steroid dienone is 4. The molecule has 12 heteroatoms. The summed E-state index contributed by atoms with van der Waals surface area (Å²) in [5, 5.41) is 4.63. The summed E-state index contributed by atoms with van der Waals surface area (Å²) in [6, 6.07) is 2.12. The van der Waals surface area contributed by atoms with E-state index in [4.69, 9.17) is 16.3 Å². The average molecular weight is 464 g/mol. The van der Waals surface area contributed by atoms with Gasteiger partial charge in [-0.2, -0.15) is 0 Å². The molecule has 0 unspecified atom stereocenters. The van der Waals surface area contributed by atoms with Crippen LogP contribution < -0.4 is 15.4 Å². The highest BCUT2D eigenvalue weighted by molar-refractivity contribution is 6.31. The predicted octanol–water partition coefficient (Wildman–Crippen LogP) is 4.12. The largest absolute Gasteiger partial charge is 0.573 e. The quantitative estimate of drug-likeness (QED) is 0.223. The Balaban J connectivity index is 2.32. The van der Waals surface area contributed by atoms with Crippen LogP contribution in [0.1, 0.15) is 6.42 Å². The van der Waals surface area contributed by atoms with Gasteiger partial charge in [0.15, 0.2) is 6.61 Å². The summed E-state index contributed by atoms with van der Waals surface area (Å²) in [6.07, 6.45) is -0.339. The minimum atomic E-state index is -4.85. The van der Waals surface area contributed by atoms with E-state index in [0.717, 1.165) is 24.6 Å². The van der Waals surface area contributed by atoms with E-state index in [0.29, 0.717) is 0 Å². The van der Waals surface area contributed by atoms with Gasteiger partial charge in [0, 0.05) is 12.1 Å². The molecular weight excluding hydrogens is 446 g/mol. The Morgan fingerprint density at radius 1 is 1.26 bits per heavy atom. The van der Waals surface area contributed by atoms with Crippen LogP contribution in [0, 0.1) is 0 Å². The number of aromatic nitrogens is 1. The number of pyridine rings is 1. The zero-order valence-corrected chi connectivity index (χ0v) is 16.7. The maximum Gasteiger partial charge on any atom is 0.573 e. The molecule has 1 aromatic heterocycles. The van der Waals surface area contributed by atoms with Gasteiger partial charge in [0.2, 0.25) is 0 Å². The number of nitrogens with one attached hydrogen (secondary N) is 2. The van der Waals surface area contributed by atoms with Crippen LogP contribution >= 0.6 is 11.6 Å². The molecule has 0 aliphatic carbocycles. The Morgan fingerprint density at radius 3 is 2.55 bits per heavy atom. The van der Waals surface area contributed by atoms with Crippen molar-refractivity contribution >= 4 is 29.2 Å². The van der Waals surface area contributed by atoms with Crippen molar-refractivity contribution in [1.29, 1.82) is 0 Å². The van der Waals surface area contributed by atoms with Gasteiger partial charge >= 0.3 is 6.36 Å². The first-order valence-corrected chi connectivity index (χ1v) is 8.82. The summed E-state index contributed by atoms with van der Waals surface area (Å²) in [6.45, 7) is 6.32. The molecule has 2 amide bonds. The summed E-state index contributed by atoms with van der Waals surface area (Å²) in [7, 11) is 0. The lowest BCUT2D eigenvalue weighted by atomic mass is 10.2. The monoisotopic (exact) mass is 463 g/mol. The Kier molecular flexibility index (Phi) is 10.3. The normalized spacial score (nSPS) is 11.7. The third kappa shape index (κ3) is 11.4. The van der Waals surface area contributed by atoms with Crippen molar-refractivity contribution in [3.8, 4) is 5.75 Å². The number of ether oxygens (including phenoxy) is 2. The van der Waals surface area contributed by atoms with Gasteiger partial charge in [0.1, 0.15) is 17.4 Å². The van der Waals surface area contributed by atoms with Crippen LogP contribution in [0.25, 0.3) is 0 Å². The van der Waals surface area contributed by atoms with Gasteiger partial charge in [-0.1, -0.05) is 24.8 Å². The van der Waals surface area contributed by atoms with Crippen molar-refractivity contribution in [3.05, 3.63) is 66.3 Å². The van der Waals surface area contributed by atoms with E-state index in [-0.39, 0.29) is 36.0 Å². The van der Waals surface area contributed by atoms with Crippen molar-refractivity contribution < 1.29 is 36.6 Å². The molecule has 0 spiro atoms. The zero-order chi connectivity index (χ0) is 23.4. The number of rotatable bonds is 11. The number of halogens is 5. The minimum absolute atomic E-state index is 0.00427. The number of carbonyl (C=O) groups is 2. The number of nitrogens with zero attached hydrogens (tertiary/aromatic N) is 1. The summed E-state index contributed by atoms with van der Waals surface area (Å²) in [5.74, 6) is -2.45. The van der Waals surface area contributed by atoms with Gasteiger partial charge in [-0.25, -0.2) is 9.37 Å². The summed E-state index contributed by atoms with van der Waals surface area (Å²) < 4.78 is 57.4. The molecule has 0 atom stereocenters. The third-order valence-electron chi connectivity index (χ3n) is 3.17. The summed E-state index contributed by atoms with van der Waals surface area (Å²) >= 11 is 5.47. The van der Waals surface area contributed by atoms with Gasteiger partial charge in [0.25, 0.3) is 11.8 Å². The van der Waals surface area contributed by atoms with Crippen LogP contribution in [0.4, 0.5) is 23.4 Å². The predicted molar refractivity (Wildman–Crippen MR) is 106 cm³/mol. The molecule has 0 saturated heterocycles. The van der Waals surface area contributed by atoms with Gasteiger partial charge in [-0.3, -0.25) is 9.59 Å². The number of anilines is 1. The van der Waals surface area contributed by atoms with Crippen molar-refractivity contribution in [2.75, 3.05) is 18.5 Å². The van der Waals surface area contributed by atoms with E-state index in [1.807, 2.05) is 0 Å². The molecule has 0 saturated carbocycles. The van der Waals surface area contributed by atoms with E-state index < -0.39 is 29.8 Å². The smallest absolute Gasteiger partial charge is 0.491 e. The summed E-state index contributed by atoms with van der Waals surface area (Å²) in [4.78, 5) is 27.2. The van der Waals surface area contributed by atoms with E-state index in [1.54, 1.807) is 0 Å². The molecule has 1 aromatic rings. The SMILES string of the molecule is C=C(CCNC(=O)CO/C=C/C=C(/Cl)C(=C)F)C(=O)Nc1ccc(OC(F)(F)F)cn1. The van der Waals surface area contributed by atoms with Crippen LogP contribution in [0.15, 0.2) is 66.3 Å². The van der Waals surface area contributed by atoms with Crippen LogP contribution in [0.5, 0.6) is 5.75 Å². The molecule has 7 nitrogen and oxygen atoms in total. The van der Waals surface area contributed by atoms with E-state index in [1.165, 1.54) is 12.2 Å². The molecule has 31 heavy (non-hydrogen) atoms. The van der Waals surface area contributed by atoms with Gasteiger partial charge in [0.05, 0.1) is 17.5 Å². The number of carbonyl (C=O) groups excluding carboxylic acids is 2. The maximum atomic E-state index is 12.6. The second-order valence-corrected chi connectivity index (χ2v) is 6.05. The van der Waals surface area contributed by atoms with Gasteiger partial charge < -0.3 is 20.1 Å². The van der Waals surface area contributed by atoms with Crippen LogP contribution in [-0.4, -0.2) is 36.3 Å². The topological polar surface area (TPSA) is 89.5 Å². The highest BCUT2D eigenvalue weighted by atomic mass is 35.5. The second kappa shape index (κ2) is 12.4. The fraction of sp³-hybridized carbons (Fsp3) is 0.211. The molecule has 1 rings (SSSR count). The highest BCUT2D eigenvalue weighted by Crippen LogP contribution is 2.22. The lowest BCUT2D eigenvalue weighted by Gasteiger charge is -2.10. The maximum absolute atomic E-state index is 12.6. The molecule has 0 aliphatic rings. The first kappa shape index (κ1) is 25.7. The van der Waals surface area contributed by atoms with Crippen molar-refractivity contribution in [3.63, 3.8) is 0 Å². The van der Waals surface area contributed by atoms with Crippen molar-refractivity contribution in [1.82, 2.24) is 10.3 Å². The molecule has 0 aliphatic heterocycles. The first-order valence-electron chi connectivity index (χ1n) is 8.44. The van der Waals surface area contributed by atoms with Crippen molar-refractivity contribution in [2.45, 2.75) is 12.8 Å². The number of hydrogen-bond acceptors (Lipinski definition) is 5. The number of amides is 2. The van der Waals surface area contributed by atoms with Crippen LogP contribution in [-0.2, 0) is 14.3 Å². The molecule has 0 fully saturated rings. The van der Waals surface area contributed by atoms with E-state index in [9.17, 15) is 27.2 Å². The molecule has 1 heterocycles. The lowest BCUT2D eigenvalue weighted by molar-refractivity contribution is -0.274. The Hall–Kier alpha value is -3.34. The number of hydrogen-bond donors (Lipinski definition) is 2. The Labute approximate surface area is 180 Å². The number of alkyl halides is 3. The standard InChI is InChI=1S/C19H18ClF4N3O4/c1-12(7-8-25-17(28)11-30-9-3-4-15(20)13(2)21)18(29)27-16-6-5-14(10-26-16)31-19(22,23)24/h3-6,9-10H,1-2,7-8,11H2,(H,25,28)(H,26,27,29)/b9-3+,15-4+. The van der Waals surface area contributed by atoms with Crippen LogP contribution in [0.3, 0.4) is 0 Å². The first-order chi connectivity index (χ1) is 14.5. The van der Waals surface area contributed by atoms with Crippen LogP contribution in [0.2, 0.25) is 0 Å². The fourth-order valence-electron chi connectivity index (χ4n) is 1.76. The third-order valence-corrected chi connectivity index (χ3v) is 3.50. The highest BCUT2D eigenvalue weighted by Gasteiger charge is 2.31. The molecule has 0 aromatic carbocycles.